The van der Waals surface area contributed by atoms with Gasteiger partial charge in [0.05, 0.1) is 7.11 Å². The van der Waals surface area contributed by atoms with Crippen LogP contribution in [0.2, 0.25) is 0 Å². The van der Waals surface area contributed by atoms with E-state index in [0.717, 1.165) is 44.5 Å². The number of hydrogen-bond donors (Lipinski definition) is 2. The molecule has 2 rings (SSSR count). The van der Waals surface area contributed by atoms with Crippen LogP contribution in [0.1, 0.15) is 38.2 Å². The van der Waals surface area contributed by atoms with Crippen LogP contribution >= 0.6 is 0 Å². The molecule has 0 spiro atoms. The van der Waals surface area contributed by atoms with Crippen molar-refractivity contribution >= 4 is 11.9 Å². The van der Waals surface area contributed by atoms with Crippen LogP contribution in [0, 0.1) is 0 Å². The molecule has 0 aliphatic carbocycles. The predicted molar refractivity (Wildman–Crippen MR) is 97.7 cm³/mol. The van der Waals surface area contributed by atoms with Crippen LogP contribution < -0.4 is 15.4 Å². The Bertz CT molecular complexity index is 560. The third kappa shape index (κ3) is 6.64. The summed E-state index contributed by atoms with van der Waals surface area (Å²) in [4.78, 5) is 25.3. The Kier molecular flexibility index (Phi) is 7.57. The second-order valence-corrected chi connectivity index (χ2v) is 6.53. The quantitative estimate of drug-likeness (QED) is 0.674. The van der Waals surface area contributed by atoms with Gasteiger partial charge >= 0.3 is 6.03 Å². The van der Waals surface area contributed by atoms with E-state index in [4.69, 9.17) is 4.74 Å². The summed E-state index contributed by atoms with van der Waals surface area (Å²) in [6.07, 6.45) is 4.20. The van der Waals surface area contributed by atoms with Gasteiger partial charge in [0.15, 0.2) is 0 Å². The van der Waals surface area contributed by atoms with Crippen LogP contribution in [0.25, 0.3) is 0 Å². The summed E-state index contributed by atoms with van der Waals surface area (Å²) in [6.45, 7) is 4.17. The van der Waals surface area contributed by atoms with Gasteiger partial charge in [0.25, 0.3) is 0 Å². The number of urea groups is 1. The van der Waals surface area contributed by atoms with Gasteiger partial charge in [0.1, 0.15) is 5.75 Å². The van der Waals surface area contributed by atoms with E-state index < -0.39 is 0 Å². The van der Waals surface area contributed by atoms with E-state index in [1.807, 2.05) is 36.1 Å². The van der Waals surface area contributed by atoms with Gasteiger partial charge in [-0.2, -0.15) is 0 Å². The number of benzene rings is 1. The van der Waals surface area contributed by atoms with Crippen molar-refractivity contribution in [2.24, 2.45) is 0 Å². The second kappa shape index (κ2) is 9.91. The summed E-state index contributed by atoms with van der Waals surface area (Å²) in [5.74, 6) is 1.08. The fourth-order valence-corrected chi connectivity index (χ4v) is 2.93. The molecule has 0 unspecified atom stereocenters. The molecule has 2 N–H and O–H groups in total. The number of hydrogen-bond acceptors (Lipinski definition) is 3. The molecular weight excluding hydrogens is 318 g/mol. The topological polar surface area (TPSA) is 70.7 Å². The molecule has 3 amide bonds. The third-order valence-corrected chi connectivity index (χ3v) is 4.46. The minimum Gasteiger partial charge on any atom is -0.497 e. The maximum absolute atomic E-state index is 11.9. The number of aryl methyl sites for hydroxylation is 1. The Labute approximate surface area is 149 Å². The average Bonchev–Trinajstić information content (AvgIpc) is 3.02. The van der Waals surface area contributed by atoms with Crippen molar-refractivity contribution in [1.82, 2.24) is 15.5 Å². The highest BCUT2D eigenvalue weighted by Gasteiger charge is 2.19. The Morgan fingerprint density at radius 1 is 1.32 bits per heavy atom. The Morgan fingerprint density at radius 2 is 2.08 bits per heavy atom. The summed E-state index contributed by atoms with van der Waals surface area (Å²) >= 11 is 0. The normalized spacial score (nSPS) is 15.1. The van der Waals surface area contributed by atoms with Gasteiger partial charge in [0.2, 0.25) is 5.91 Å². The number of nitrogens with one attached hydrogen (secondary N) is 2. The average molecular weight is 347 g/mol. The molecule has 1 aromatic rings. The maximum atomic E-state index is 11.9. The van der Waals surface area contributed by atoms with Crippen molar-refractivity contribution in [3.05, 3.63) is 29.8 Å². The first kappa shape index (κ1) is 19.1. The first-order valence-electron chi connectivity index (χ1n) is 9.03. The van der Waals surface area contributed by atoms with Gasteiger partial charge in [-0.3, -0.25) is 4.79 Å². The van der Waals surface area contributed by atoms with Crippen LogP contribution in [0.4, 0.5) is 4.79 Å². The molecule has 1 saturated heterocycles. The molecule has 1 aliphatic heterocycles. The van der Waals surface area contributed by atoms with Crippen molar-refractivity contribution in [3.8, 4) is 5.75 Å². The summed E-state index contributed by atoms with van der Waals surface area (Å²) in [7, 11) is 1.66. The summed E-state index contributed by atoms with van der Waals surface area (Å²) in [5, 5.41) is 5.82. The van der Waals surface area contributed by atoms with Gasteiger partial charge in [-0.25, -0.2) is 4.79 Å². The lowest BCUT2D eigenvalue weighted by Gasteiger charge is -2.17. The van der Waals surface area contributed by atoms with E-state index in [1.54, 1.807) is 7.11 Å². The lowest BCUT2D eigenvalue weighted by molar-refractivity contribution is -0.127. The lowest BCUT2D eigenvalue weighted by Crippen LogP contribution is -2.42. The van der Waals surface area contributed by atoms with Gasteiger partial charge < -0.3 is 20.3 Å². The van der Waals surface area contributed by atoms with E-state index >= 15 is 0 Å². The Balaban J connectivity index is 1.56. The first-order chi connectivity index (χ1) is 12.1. The molecule has 1 aromatic carbocycles. The smallest absolute Gasteiger partial charge is 0.314 e. The van der Waals surface area contributed by atoms with Gasteiger partial charge in [-0.05, 0) is 50.3 Å². The molecular formula is C19H29N3O3. The molecule has 6 nitrogen and oxygen atoms in total. The highest BCUT2D eigenvalue weighted by atomic mass is 16.5. The number of methoxy groups -OCH3 is 1. The molecule has 1 fully saturated rings. The fraction of sp³-hybridized carbons (Fsp3) is 0.579. The van der Waals surface area contributed by atoms with Gasteiger partial charge in [-0.1, -0.05) is 12.1 Å². The minimum atomic E-state index is -0.144. The molecule has 0 radical (unpaired) electrons. The summed E-state index contributed by atoms with van der Waals surface area (Å²) in [5.41, 5.74) is 1.23. The second-order valence-electron chi connectivity index (χ2n) is 6.53. The highest BCUT2D eigenvalue weighted by Crippen LogP contribution is 2.13. The molecule has 6 heteroatoms. The first-order valence-corrected chi connectivity index (χ1v) is 9.03. The monoisotopic (exact) mass is 347 g/mol. The van der Waals surface area contributed by atoms with E-state index in [9.17, 15) is 9.59 Å². The van der Waals surface area contributed by atoms with Crippen molar-refractivity contribution in [3.63, 3.8) is 0 Å². The van der Waals surface area contributed by atoms with Crippen LogP contribution in [-0.2, 0) is 11.2 Å². The standard InChI is InChI=1S/C19H29N3O3/c1-15(6-7-16-8-10-17(25-2)11-9-16)21-19(24)20-12-4-14-22-13-3-5-18(22)23/h8-11,15H,3-7,12-14H2,1-2H3,(H2,20,21,24)/t15-/m1/s1. The van der Waals surface area contributed by atoms with Crippen LogP contribution in [-0.4, -0.2) is 49.6 Å². The maximum Gasteiger partial charge on any atom is 0.314 e. The van der Waals surface area contributed by atoms with E-state index in [1.165, 1.54) is 5.56 Å². The molecule has 25 heavy (non-hydrogen) atoms. The number of likely N-dealkylation sites (tertiary alicyclic amines) is 1. The zero-order valence-electron chi connectivity index (χ0n) is 15.2. The zero-order chi connectivity index (χ0) is 18.1. The number of rotatable bonds is 9. The van der Waals surface area contributed by atoms with Crippen LogP contribution in [0.3, 0.4) is 0 Å². The number of carbonyl (C=O) groups excluding carboxylic acids is 2. The number of carbonyl (C=O) groups is 2. The number of nitrogens with zero attached hydrogens (tertiary/aromatic N) is 1. The van der Waals surface area contributed by atoms with Crippen molar-refractivity contribution in [1.29, 1.82) is 0 Å². The van der Waals surface area contributed by atoms with Crippen molar-refractivity contribution in [2.75, 3.05) is 26.7 Å². The van der Waals surface area contributed by atoms with Gasteiger partial charge in [-0.15, -0.1) is 0 Å². The minimum absolute atomic E-state index is 0.0993. The van der Waals surface area contributed by atoms with E-state index in [-0.39, 0.29) is 18.0 Å². The Hall–Kier alpha value is -2.24. The van der Waals surface area contributed by atoms with Crippen LogP contribution in [0.15, 0.2) is 24.3 Å². The third-order valence-electron chi connectivity index (χ3n) is 4.46. The molecule has 0 bridgehead atoms. The molecule has 0 aromatic heterocycles. The highest BCUT2D eigenvalue weighted by molar-refractivity contribution is 5.78. The van der Waals surface area contributed by atoms with Crippen molar-refractivity contribution < 1.29 is 14.3 Å². The fourth-order valence-electron chi connectivity index (χ4n) is 2.93. The molecule has 1 atom stereocenters. The summed E-state index contributed by atoms with van der Waals surface area (Å²) in [6, 6.07) is 7.95. The summed E-state index contributed by atoms with van der Waals surface area (Å²) < 4.78 is 5.15. The predicted octanol–water partition coefficient (Wildman–Crippen LogP) is 2.33. The molecule has 1 heterocycles. The number of amides is 3. The molecule has 138 valence electrons. The van der Waals surface area contributed by atoms with E-state index in [0.29, 0.717) is 13.0 Å². The van der Waals surface area contributed by atoms with Crippen LogP contribution in [0.5, 0.6) is 5.75 Å². The number of ether oxygens (including phenoxy) is 1. The SMILES string of the molecule is COc1ccc(CC[C@@H](C)NC(=O)NCCCN2CCCC2=O)cc1. The Morgan fingerprint density at radius 3 is 2.72 bits per heavy atom. The zero-order valence-corrected chi connectivity index (χ0v) is 15.2. The lowest BCUT2D eigenvalue weighted by atomic mass is 10.1. The molecule has 0 saturated carbocycles. The van der Waals surface area contributed by atoms with E-state index in [2.05, 4.69) is 10.6 Å². The van der Waals surface area contributed by atoms with Crippen molar-refractivity contribution in [2.45, 2.75) is 45.1 Å². The molecule has 1 aliphatic rings. The van der Waals surface area contributed by atoms with Gasteiger partial charge in [0, 0.05) is 32.1 Å². The largest absolute Gasteiger partial charge is 0.497 e.